The number of nitrogens with two attached hydrogens (primary N) is 1. The molecule has 1 saturated heterocycles. The van der Waals surface area contributed by atoms with Gasteiger partial charge in [-0.3, -0.25) is 19.7 Å². The highest BCUT2D eigenvalue weighted by Gasteiger charge is 2.46. The second kappa shape index (κ2) is 10.4. The van der Waals surface area contributed by atoms with E-state index in [-0.39, 0.29) is 51.5 Å². The molecule has 1 aromatic carbocycles. The molecule has 0 bridgehead atoms. The summed E-state index contributed by atoms with van der Waals surface area (Å²) in [5, 5.41) is 12.2. The van der Waals surface area contributed by atoms with Crippen molar-refractivity contribution in [1.82, 2.24) is 40.7 Å². The summed E-state index contributed by atoms with van der Waals surface area (Å²) in [7, 11) is 0. The number of carbonyl (C=O) groups is 2. The van der Waals surface area contributed by atoms with Crippen LogP contribution in [0.25, 0.3) is 22.6 Å². The number of alkyl halides is 3. The minimum Gasteiger partial charge on any atom is -0.397 e. The summed E-state index contributed by atoms with van der Waals surface area (Å²) < 4.78 is 41.4. The number of aromatic nitrogens is 5. The Balaban J connectivity index is 1.16. The average Bonchev–Trinajstić information content (AvgIpc) is 3.34. The van der Waals surface area contributed by atoms with Crippen LogP contribution >= 0.6 is 11.6 Å². The number of nitrogens with zero attached hydrogens (tertiary/aromatic N) is 4. The van der Waals surface area contributed by atoms with E-state index in [1.807, 2.05) is 5.10 Å². The lowest BCUT2D eigenvalue weighted by molar-refractivity contribution is -0.140. The average molecular weight is 600 g/mol. The van der Waals surface area contributed by atoms with Gasteiger partial charge in [-0.05, 0) is 42.7 Å². The quantitative estimate of drug-likeness (QED) is 0.226. The zero-order valence-corrected chi connectivity index (χ0v) is 22.7. The van der Waals surface area contributed by atoms with E-state index in [9.17, 15) is 22.8 Å². The van der Waals surface area contributed by atoms with Crippen LogP contribution < -0.4 is 16.4 Å². The van der Waals surface area contributed by atoms with E-state index in [1.54, 1.807) is 23.1 Å². The number of nitrogens with one attached hydrogen (secondary N) is 4. The predicted molar refractivity (Wildman–Crippen MR) is 147 cm³/mol. The zero-order chi connectivity index (χ0) is 29.6. The third-order valence-corrected chi connectivity index (χ3v) is 7.68. The second-order valence-electron chi connectivity index (χ2n) is 10.4. The van der Waals surface area contributed by atoms with Gasteiger partial charge in [0.05, 0.1) is 45.6 Å². The fraction of sp³-hybridized carbons (Fsp3) is 0.296. The topological polar surface area (TPSA) is 158 Å². The highest BCUT2D eigenvalue weighted by Crippen LogP contribution is 2.40. The van der Waals surface area contributed by atoms with Crippen molar-refractivity contribution in [3.8, 4) is 22.6 Å². The number of piperazine rings is 1. The van der Waals surface area contributed by atoms with Gasteiger partial charge in [-0.25, -0.2) is 4.98 Å². The zero-order valence-electron chi connectivity index (χ0n) is 22.0. The first kappa shape index (κ1) is 27.7. The summed E-state index contributed by atoms with van der Waals surface area (Å²) in [6.45, 7) is 2.02. The number of pyridine rings is 1. The molecular formula is C27H25ClF3N9O2. The highest BCUT2D eigenvalue weighted by atomic mass is 35.5. The van der Waals surface area contributed by atoms with Crippen molar-refractivity contribution < 1.29 is 22.8 Å². The van der Waals surface area contributed by atoms with E-state index < -0.39 is 17.8 Å². The van der Waals surface area contributed by atoms with Crippen LogP contribution in [0.15, 0.2) is 42.7 Å². The Morgan fingerprint density at radius 1 is 1.14 bits per heavy atom. The number of aromatic amines is 2. The molecule has 3 aromatic heterocycles. The van der Waals surface area contributed by atoms with Gasteiger partial charge in [-0.15, -0.1) is 0 Å². The Bertz CT molecular complexity index is 1660. The van der Waals surface area contributed by atoms with Gasteiger partial charge < -0.3 is 26.3 Å². The number of benzene rings is 1. The van der Waals surface area contributed by atoms with E-state index in [0.29, 0.717) is 29.9 Å². The second-order valence-corrected chi connectivity index (χ2v) is 10.8. The van der Waals surface area contributed by atoms with Gasteiger partial charge in [0.2, 0.25) is 0 Å². The fourth-order valence-electron chi connectivity index (χ4n) is 5.00. The van der Waals surface area contributed by atoms with Crippen molar-refractivity contribution in [1.29, 1.82) is 0 Å². The number of nitrogen functional groups attached to an aromatic ring is 1. The van der Waals surface area contributed by atoms with Crippen molar-refractivity contribution >= 4 is 29.1 Å². The minimum absolute atomic E-state index is 0.0385. The Labute approximate surface area is 242 Å². The van der Waals surface area contributed by atoms with Gasteiger partial charge in [0.1, 0.15) is 11.4 Å². The number of halogens is 4. The smallest absolute Gasteiger partial charge is 0.397 e. The lowest BCUT2D eigenvalue weighted by Crippen LogP contribution is -2.54. The fourth-order valence-corrected chi connectivity index (χ4v) is 5.28. The van der Waals surface area contributed by atoms with Crippen LogP contribution in [0.4, 0.5) is 18.9 Å². The number of H-pyrrole nitrogens is 2. The molecule has 2 fully saturated rings. The molecule has 0 radical (unpaired) electrons. The lowest BCUT2D eigenvalue weighted by atomic mass is 10.1. The predicted octanol–water partition coefficient (Wildman–Crippen LogP) is 3.62. The molecule has 11 nitrogen and oxygen atoms in total. The first-order valence-electron chi connectivity index (χ1n) is 13.1. The molecule has 4 heterocycles. The number of carbonyl (C=O) groups excluding carboxylic acids is 2. The van der Waals surface area contributed by atoms with E-state index >= 15 is 0 Å². The van der Waals surface area contributed by atoms with Crippen molar-refractivity contribution in [3.05, 3.63) is 70.4 Å². The summed E-state index contributed by atoms with van der Waals surface area (Å²) >= 11 is 6.44. The molecule has 0 atom stereocenters. The number of hydrogen-bond acceptors (Lipinski definition) is 7. The van der Waals surface area contributed by atoms with E-state index in [4.69, 9.17) is 17.3 Å². The van der Waals surface area contributed by atoms with Crippen LogP contribution in [-0.2, 0) is 12.7 Å². The summed E-state index contributed by atoms with van der Waals surface area (Å²) in [6, 6.07) is 7.85. The molecule has 1 aliphatic heterocycles. The van der Waals surface area contributed by atoms with Gasteiger partial charge in [0, 0.05) is 31.7 Å². The minimum atomic E-state index is -4.76. The van der Waals surface area contributed by atoms with E-state index in [0.717, 1.165) is 25.6 Å². The molecule has 1 spiro atoms. The van der Waals surface area contributed by atoms with Gasteiger partial charge in [-0.2, -0.15) is 18.3 Å². The highest BCUT2D eigenvalue weighted by molar-refractivity contribution is 6.33. The van der Waals surface area contributed by atoms with Gasteiger partial charge in [0.15, 0.2) is 5.82 Å². The maximum atomic E-state index is 13.8. The first-order chi connectivity index (χ1) is 20.0. The molecule has 4 aromatic rings. The third-order valence-electron chi connectivity index (χ3n) is 7.37. The Hall–Kier alpha value is -4.43. The van der Waals surface area contributed by atoms with E-state index in [2.05, 4.69) is 30.7 Å². The van der Waals surface area contributed by atoms with Crippen molar-refractivity contribution in [2.75, 3.05) is 25.4 Å². The molecule has 42 heavy (non-hydrogen) atoms. The Kier molecular flexibility index (Phi) is 6.89. The van der Waals surface area contributed by atoms with Crippen LogP contribution in [0, 0.1) is 0 Å². The molecule has 6 N–H and O–H groups in total. The van der Waals surface area contributed by atoms with Crippen LogP contribution in [0.5, 0.6) is 0 Å². The van der Waals surface area contributed by atoms with Crippen LogP contribution in [-0.4, -0.2) is 67.0 Å². The number of anilines is 1. The summed E-state index contributed by atoms with van der Waals surface area (Å²) in [4.78, 5) is 38.4. The molecule has 1 aliphatic carbocycles. The number of amides is 2. The molecule has 2 aliphatic rings. The maximum Gasteiger partial charge on any atom is 0.433 e. The molecular weight excluding hydrogens is 575 g/mol. The maximum absolute atomic E-state index is 13.8. The van der Waals surface area contributed by atoms with Crippen molar-refractivity contribution in [2.45, 2.75) is 31.1 Å². The normalized spacial score (nSPS) is 16.0. The van der Waals surface area contributed by atoms with Crippen LogP contribution in [0.1, 0.15) is 45.1 Å². The van der Waals surface area contributed by atoms with Crippen LogP contribution in [0.2, 0.25) is 5.02 Å². The summed E-state index contributed by atoms with van der Waals surface area (Å²) in [5.41, 5.74) is 5.55. The molecule has 6 rings (SSSR count). The van der Waals surface area contributed by atoms with Gasteiger partial charge in [-0.1, -0.05) is 17.7 Å². The Morgan fingerprint density at radius 3 is 2.64 bits per heavy atom. The van der Waals surface area contributed by atoms with Crippen molar-refractivity contribution in [3.63, 3.8) is 0 Å². The Morgan fingerprint density at radius 2 is 1.95 bits per heavy atom. The first-order valence-corrected chi connectivity index (χ1v) is 13.4. The van der Waals surface area contributed by atoms with Crippen molar-refractivity contribution in [2.24, 2.45) is 0 Å². The standard InChI is InChI=1S/C27H25ClF3N9O2/c28-17-9-14(1-3-16(17)25(42)40-8-7-36-26(13-40)5-6-26)10-35-24(41)23-34-12-19(37-23)20-21(18-4-2-15(32)11-33-18)38-39-22(20)27(29,30)31/h1-4,9,11-12,36H,5-8,10,13,32H2,(H,34,37)(H,35,41)(H,38,39). The molecule has 1 saturated carbocycles. The van der Waals surface area contributed by atoms with Gasteiger partial charge in [0.25, 0.3) is 11.8 Å². The largest absolute Gasteiger partial charge is 0.433 e. The lowest BCUT2D eigenvalue weighted by Gasteiger charge is -2.34. The molecule has 2 amide bonds. The number of rotatable bonds is 6. The number of imidazole rings is 1. The van der Waals surface area contributed by atoms with E-state index in [1.165, 1.54) is 18.3 Å². The molecule has 0 unspecified atom stereocenters. The molecule has 218 valence electrons. The SMILES string of the molecule is Nc1ccc(-c2n[nH]c(C(F)(F)F)c2-c2cnc(C(=O)NCc3ccc(C(=O)N4CCNC5(CC5)C4)c(Cl)c3)[nH]2)nc1. The number of hydrogen-bond donors (Lipinski definition) is 5. The monoisotopic (exact) mass is 599 g/mol. The molecule has 15 heteroatoms. The van der Waals surface area contributed by atoms with Crippen LogP contribution in [0.3, 0.4) is 0 Å². The summed E-state index contributed by atoms with van der Waals surface area (Å²) in [5.74, 6) is -1.00. The summed E-state index contributed by atoms with van der Waals surface area (Å²) in [6.07, 6.45) is -0.247. The van der Waals surface area contributed by atoms with Gasteiger partial charge >= 0.3 is 6.18 Å². The third kappa shape index (κ3) is 5.42.